The van der Waals surface area contributed by atoms with Gasteiger partial charge in [0.1, 0.15) is 0 Å². The molecule has 0 spiro atoms. The van der Waals surface area contributed by atoms with Crippen LogP contribution in [0.15, 0.2) is 47.8 Å². The third-order valence-electron chi connectivity index (χ3n) is 3.45. The Morgan fingerprint density at radius 3 is 2.50 bits per heavy atom. The van der Waals surface area contributed by atoms with E-state index in [9.17, 15) is 9.59 Å². The summed E-state index contributed by atoms with van der Waals surface area (Å²) in [5.74, 6) is -0.369. The fourth-order valence-electron chi connectivity index (χ4n) is 2.37. The summed E-state index contributed by atoms with van der Waals surface area (Å²) >= 11 is 1.64. The Labute approximate surface area is 146 Å². The van der Waals surface area contributed by atoms with Gasteiger partial charge in [-0.05, 0) is 37.3 Å². The molecule has 0 aliphatic carbocycles. The zero-order valence-corrected chi connectivity index (χ0v) is 14.8. The molecular weight excluding hydrogens is 322 g/mol. The zero-order chi connectivity index (χ0) is 17.4. The number of esters is 1. The average molecular weight is 345 g/mol. The standard InChI is InChI=1S/C19H23NO3S/c1-14(2)23-19(22)13-17(15-7-4-3-5-8-15)20-18(21)11-10-16-9-6-12-24-16/h3-9,12,14,17H,10-11,13H2,1-2H3,(H,20,21). The van der Waals surface area contributed by atoms with Crippen LogP contribution in [0.25, 0.3) is 0 Å². The monoisotopic (exact) mass is 345 g/mol. The summed E-state index contributed by atoms with van der Waals surface area (Å²) in [7, 11) is 0. The number of benzene rings is 1. The maximum atomic E-state index is 12.3. The van der Waals surface area contributed by atoms with Gasteiger partial charge in [0.05, 0.1) is 18.6 Å². The van der Waals surface area contributed by atoms with Crippen LogP contribution in [0, 0.1) is 0 Å². The van der Waals surface area contributed by atoms with Gasteiger partial charge in [0.15, 0.2) is 0 Å². The lowest BCUT2D eigenvalue weighted by Crippen LogP contribution is -2.31. The third-order valence-corrected chi connectivity index (χ3v) is 4.39. The minimum absolute atomic E-state index is 0.0606. The minimum Gasteiger partial charge on any atom is -0.463 e. The minimum atomic E-state index is -0.367. The van der Waals surface area contributed by atoms with E-state index in [0.29, 0.717) is 12.8 Å². The molecule has 1 unspecified atom stereocenters. The maximum Gasteiger partial charge on any atom is 0.308 e. The largest absolute Gasteiger partial charge is 0.463 e. The van der Waals surface area contributed by atoms with E-state index in [2.05, 4.69) is 5.32 Å². The van der Waals surface area contributed by atoms with Crippen LogP contribution in [0.5, 0.6) is 0 Å². The molecule has 0 aliphatic rings. The maximum absolute atomic E-state index is 12.3. The molecule has 1 aromatic heterocycles. The van der Waals surface area contributed by atoms with Gasteiger partial charge in [-0.1, -0.05) is 36.4 Å². The topological polar surface area (TPSA) is 55.4 Å². The van der Waals surface area contributed by atoms with E-state index in [4.69, 9.17) is 4.74 Å². The number of ether oxygens (including phenoxy) is 1. The summed E-state index contributed by atoms with van der Waals surface area (Å²) < 4.78 is 5.21. The molecule has 24 heavy (non-hydrogen) atoms. The summed E-state index contributed by atoms with van der Waals surface area (Å²) in [5, 5.41) is 4.97. The van der Waals surface area contributed by atoms with E-state index in [1.165, 1.54) is 4.88 Å². The van der Waals surface area contributed by atoms with Crippen LogP contribution in [-0.2, 0) is 20.7 Å². The number of thiophene rings is 1. The van der Waals surface area contributed by atoms with Gasteiger partial charge in [-0.15, -0.1) is 11.3 Å². The summed E-state index contributed by atoms with van der Waals surface area (Å²) in [6.07, 6.45) is 1.08. The molecule has 4 nitrogen and oxygen atoms in total. The van der Waals surface area contributed by atoms with Crippen molar-refractivity contribution >= 4 is 23.2 Å². The van der Waals surface area contributed by atoms with Crippen LogP contribution in [0.2, 0.25) is 0 Å². The molecule has 0 saturated carbocycles. The first-order valence-corrected chi connectivity index (χ1v) is 8.98. The van der Waals surface area contributed by atoms with Crippen molar-refractivity contribution in [2.75, 3.05) is 0 Å². The molecule has 2 rings (SSSR count). The predicted molar refractivity (Wildman–Crippen MR) is 95.8 cm³/mol. The van der Waals surface area contributed by atoms with Crippen LogP contribution in [0.4, 0.5) is 0 Å². The molecule has 0 aliphatic heterocycles. The number of carbonyl (C=O) groups is 2. The van der Waals surface area contributed by atoms with E-state index in [0.717, 1.165) is 5.56 Å². The van der Waals surface area contributed by atoms with Gasteiger partial charge in [0, 0.05) is 11.3 Å². The lowest BCUT2D eigenvalue weighted by atomic mass is 10.0. The molecule has 2 aromatic rings. The number of carbonyl (C=O) groups excluding carboxylic acids is 2. The number of nitrogens with one attached hydrogen (secondary N) is 1. The van der Waals surface area contributed by atoms with Crippen molar-refractivity contribution in [1.29, 1.82) is 0 Å². The second-order valence-electron chi connectivity index (χ2n) is 5.85. The van der Waals surface area contributed by atoms with Crippen LogP contribution in [0.1, 0.15) is 43.2 Å². The number of aryl methyl sites for hydroxylation is 1. The first-order chi connectivity index (χ1) is 11.5. The lowest BCUT2D eigenvalue weighted by Gasteiger charge is -2.19. The Hall–Kier alpha value is -2.14. The molecule has 0 saturated heterocycles. The van der Waals surface area contributed by atoms with Gasteiger partial charge in [-0.3, -0.25) is 9.59 Å². The second kappa shape index (κ2) is 9.23. The molecule has 5 heteroatoms. The number of hydrogen-bond donors (Lipinski definition) is 1. The van der Waals surface area contributed by atoms with Crippen molar-refractivity contribution in [1.82, 2.24) is 5.32 Å². The van der Waals surface area contributed by atoms with Gasteiger partial charge in [-0.25, -0.2) is 0 Å². The molecule has 128 valence electrons. The van der Waals surface area contributed by atoms with Crippen molar-refractivity contribution in [3.8, 4) is 0 Å². The quantitative estimate of drug-likeness (QED) is 0.739. The van der Waals surface area contributed by atoms with E-state index >= 15 is 0 Å². The summed E-state index contributed by atoms with van der Waals surface area (Å²) in [6, 6.07) is 13.2. The van der Waals surface area contributed by atoms with Gasteiger partial charge in [0.25, 0.3) is 0 Å². The van der Waals surface area contributed by atoms with E-state index < -0.39 is 0 Å². The summed E-state index contributed by atoms with van der Waals surface area (Å²) in [6.45, 7) is 3.63. The van der Waals surface area contributed by atoms with Crippen LogP contribution < -0.4 is 5.32 Å². The average Bonchev–Trinajstić information content (AvgIpc) is 3.06. The fourth-order valence-corrected chi connectivity index (χ4v) is 3.08. The molecule has 1 heterocycles. The molecule has 1 N–H and O–H groups in total. The summed E-state index contributed by atoms with van der Waals surface area (Å²) in [5.41, 5.74) is 0.905. The highest BCUT2D eigenvalue weighted by atomic mass is 32.1. The van der Waals surface area contributed by atoms with Crippen molar-refractivity contribution in [2.45, 2.75) is 45.3 Å². The van der Waals surface area contributed by atoms with E-state index in [1.807, 2.05) is 61.7 Å². The molecule has 1 aromatic carbocycles. The van der Waals surface area contributed by atoms with Crippen molar-refractivity contribution in [3.63, 3.8) is 0 Å². The Morgan fingerprint density at radius 2 is 1.88 bits per heavy atom. The third kappa shape index (κ3) is 6.16. The molecular formula is C19H23NO3S. The van der Waals surface area contributed by atoms with Crippen LogP contribution in [0.3, 0.4) is 0 Å². The Kier molecular flexibility index (Phi) is 7.00. The highest BCUT2D eigenvalue weighted by molar-refractivity contribution is 7.09. The van der Waals surface area contributed by atoms with Crippen LogP contribution in [-0.4, -0.2) is 18.0 Å². The number of rotatable bonds is 8. The molecule has 1 amide bonds. The molecule has 0 radical (unpaired) electrons. The van der Waals surface area contributed by atoms with Gasteiger partial charge in [0.2, 0.25) is 5.91 Å². The van der Waals surface area contributed by atoms with E-state index in [1.54, 1.807) is 11.3 Å². The molecule has 0 bridgehead atoms. The Bertz CT molecular complexity index is 638. The Morgan fingerprint density at radius 1 is 1.12 bits per heavy atom. The normalized spacial score (nSPS) is 12.0. The fraction of sp³-hybridized carbons (Fsp3) is 0.368. The first-order valence-electron chi connectivity index (χ1n) is 8.10. The smallest absolute Gasteiger partial charge is 0.308 e. The van der Waals surface area contributed by atoms with Crippen LogP contribution >= 0.6 is 11.3 Å². The highest BCUT2D eigenvalue weighted by Gasteiger charge is 2.19. The lowest BCUT2D eigenvalue weighted by molar-refractivity contribution is -0.148. The SMILES string of the molecule is CC(C)OC(=O)CC(NC(=O)CCc1cccs1)c1ccccc1. The highest BCUT2D eigenvalue weighted by Crippen LogP contribution is 2.18. The molecule has 1 atom stereocenters. The zero-order valence-electron chi connectivity index (χ0n) is 14.0. The first kappa shape index (κ1) is 18.2. The predicted octanol–water partition coefficient (Wildman–Crippen LogP) is 3.88. The van der Waals surface area contributed by atoms with Gasteiger partial charge >= 0.3 is 5.97 Å². The molecule has 0 fully saturated rings. The van der Waals surface area contributed by atoms with E-state index in [-0.39, 0.29) is 30.4 Å². The second-order valence-corrected chi connectivity index (χ2v) is 6.89. The van der Waals surface area contributed by atoms with Gasteiger partial charge < -0.3 is 10.1 Å². The summed E-state index contributed by atoms with van der Waals surface area (Å²) in [4.78, 5) is 25.4. The Balaban J connectivity index is 1.97. The van der Waals surface area contributed by atoms with Crippen molar-refractivity contribution in [3.05, 3.63) is 58.3 Å². The van der Waals surface area contributed by atoms with Gasteiger partial charge in [-0.2, -0.15) is 0 Å². The number of hydrogen-bond acceptors (Lipinski definition) is 4. The number of amides is 1. The van der Waals surface area contributed by atoms with Crippen molar-refractivity contribution < 1.29 is 14.3 Å². The van der Waals surface area contributed by atoms with Crippen molar-refractivity contribution in [2.24, 2.45) is 0 Å².